The maximum Gasteiger partial charge on any atom is 0.416 e. The fraction of sp³-hybridized carbons (Fsp3) is 0.0476. The molecule has 0 saturated carbocycles. The van der Waals surface area contributed by atoms with Crippen LogP contribution in [0.3, 0.4) is 0 Å². The summed E-state index contributed by atoms with van der Waals surface area (Å²) in [6, 6.07) is 10.8. The summed E-state index contributed by atoms with van der Waals surface area (Å²) >= 11 is 11.1. The van der Waals surface area contributed by atoms with Gasteiger partial charge in [0.05, 0.1) is 17.5 Å². The van der Waals surface area contributed by atoms with Gasteiger partial charge in [0.2, 0.25) is 5.88 Å². The Balaban J connectivity index is 1.78. The molecule has 2 N–H and O–H groups in total. The highest BCUT2D eigenvalue weighted by Gasteiger charge is 2.30. The van der Waals surface area contributed by atoms with Crippen molar-refractivity contribution in [1.29, 1.82) is 0 Å². The van der Waals surface area contributed by atoms with E-state index in [2.05, 4.69) is 15.2 Å². The average Bonchev–Trinajstić information content (AvgIpc) is 3.20. The molecule has 0 amide bonds. The second kappa shape index (κ2) is 8.21. The van der Waals surface area contributed by atoms with Gasteiger partial charge >= 0.3 is 6.18 Å². The molecule has 11 heteroatoms. The standard InChI is InChI=1S/C21H12ClF3N4O2S/c22-14-5-7-15(8-6-14)29-19(31)16(18(30)27-20(29)32)9-12-10-26-28-17(12)11-1-3-13(4-2-11)21(23,24)25/h1-10,31H,(H,27,30,32). The van der Waals surface area contributed by atoms with E-state index < -0.39 is 23.2 Å². The van der Waals surface area contributed by atoms with Crippen LogP contribution < -0.4 is 5.56 Å². The third kappa shape index (κ3) is 4.14. The molecule has 0 spiro atoms. The molecule has 1 aliphatic heterocycles. The topological polar surface area (TPSA) is 82.7 Å². The lowest BCUT2D eigenvalue weighted by Gasteiger charge is -2.12. The highest BCUT2D eigenvalue weighted by molar-refractivity contribution is 7.71. The zero-order valence-electron chi connectivity index (χ0n) is 15.9. The van der Waals surface area contributed by atoms with Gasteiger partial charge in [0.1, 0.15) is 11.3 Å². The first kappa shape index (κ1) is 21.7. The van der Waals surface area contributed by atoms with Gasteiger partial charge < -0.3 is 5.11 Å². The minimum absolute atomic E-state index is 0.0336. The molecule has 0 bridgehead atoms. The Labute approximate surface area is 188 Å². The summed E-state index contributed by atoms with van der Waals surface area (Å²) in [7, 11) is 0. The van der Waals surface area contributed by atoms with E-state index in [1.807, 2.05) is 0 Å². The number of aromatic nitrogens is 2. The van der Waals surface area contributed by atoms with Crippen molar-refractivity contribution in [3.05, 3.63) is 90.9 Å². The molecule has 0 unspecified atom stereocenters. The number of rotatable bonds is 3. The van der Waals surface area contributed by atoms with Gasteiger partial charge in [0.15, 0.2) is 4.77 Å². The van der Waals surface area contributed by atoms with Gasteiger partial charge in [-0.3, -0.25) is 14.3 Å². The first-order valence-electron chi connectivity index (χ1n) is 9.00. The van der Waals surface area contributed by atoms with E-state index in [0.717, 1.165) is 12.1 Å². The van der Waals surface area contributed by atoms with Crippen molar-refractivity contribution >= 4 is 41.8 Å². The molecule has 32 heavy (non-hydrogen) atoms. The average molecular weight is 477 g/mol. The van der Waals surface area contributed by atoms with Crippen LogP contribution in [0, 0.1) is 4.77 Å². The van der Waals surface area contributed by atoms with Gasteiger partial charge in [0, 0.05) is 16.2 Å². The molecular weight excluding hydrogens is 465 g/mol. The Morgan fingerprint density at radius 2 is 1.75 bits per heavy atom. The number of benzene rings is 2. The number of allylic oxidation sites excluding steroid dienone is 1. The SMILES string of the molecule is O=c1[nH]c(=S)n(-c2ccc(Cl)cc2)c(O)c1C=C1C=NN=C1c1ccc(C(F)(F)F)cc1. The number of H-pyrrole nitrogens is 1. The van der Waals surface area contributed by atoms with Crippen molar-refractivity contribution in [2.24, 2.45) is 10.2 Å². The van der Waals surface area contributed by atoms with E-state index in [4.69, 9.17) is 23.8 Å². The van der Waals surface area contributed by atoms with Crippen molar-refractivity contribution in [3.8, 4) is 11.6 Å². The molecule has 1 aromatic heterocycles. The predicted molar refractivity (Wildman–Crippen MR) is 118 cm³/mol. The minimum Gasteiger partial charge on any atom is -0.494 e. The highest BCUT2D eigenvalue weighted by Crippen LogP contribution is 2.30. The summed E-state index contributed by atoms with van der Waals surface area (Å²) < 4.78 is 39.7. The first-order valence-corrected chi connectivity index (χ1v) is 9.79. The molecule has 2 heterocycles. The molecule has 0 fully saturated rings. The number of aromatic hydroxyl groups is 1. The van der Waals surface area contributed by atoms with E-state index in [-0.39, 0.29) is 16.0 Å². The predicted octanol–water partition coefficient (Wildman–Crippen LogP) is 5.14. The van der Waals surface area contributed by atoms with E-state index in [9.17, 15) is 23.1 Å². The van der Waals surface area contributed by atoms with Crippen LogP contribution in [0.15, 0.2) is 69.1 Å². The monoisotopic (exact) mass is 476 g/mol. The molecule has 0 saturated heterocycles. The Kier molecular flexibility index (Phi) is 5.57. The Morgan fingerprint density at radius 3 is 2.38 bits per heavy atom. The van der Waals surface area contributed by atoms with Gasteiger partial charge in [-0.25, -0.2) is 0 Å². The molecule has 0 atom stereocenters. The van der Waals surface area contributed by atoms with Crippen LogP contribution in [0.5, 0.6) is 5.88 Å². The molecule has 0 radical (unpaired) electrons. The second-order valence-electron chi connectivity index (χ2n) is 6.68. The van der Waals surface area contributed by atoms with Crippen LogP contribution in [-0.4, -0.2) is 26.6 Å². The quantitative estimate of drug-likeness (QED) is 0.513. The third-order valence-corrected chi connectivity index (χ3v) is 5.16. The molecule has 1 aliphatic rings. The van der Waals surface area contributed by atoms with Crippen molar-refractivity contribution in [2.75, 3.05) is 0 Å². The van der Waals surface area contributed by atoms with Crippen LogP contribution in [0.25, 0.3) is 11.8 Å². The number of halogens is 4. The minimum atomic E-state index is -4.47. The Hall–Kier alpha value is -3.50. The smallest absolute Gasteiger partial charge is 0.416 e. The molecular formula is C21H12ClF3N4O2S. The molecule has 162 valence electrons. The maximum atomic E-state index is 12.8. The van der Waals surface area contributed by atoms with Crippen LogP contribution in [0.1, 0.15) is 16.7 Å². The number of hydrogen-bond donors (Lipinski definition) is 2. The lowest BCUT2D eigenvalue weighted by Crippen LogP contribution is -2.17. The third-order valence-electron chi connectivity index (χ3n) is 4.62. The summed E-state index contributed by atoms with van der Waals surface area (Å²) in [5.74, 6) is -0.430. The lowest BCUT2D eigenvalue weighted by molar-refractivity contribution is -0.137. The van der Waals surface area contributed by atoms with Gasteiger partial charge in [-0.05, 0) is 54.7 Å². The number of hydrogen-bond acceptors (Lipinski definition) is 5. The molecule has 4 rings (SSSR count). The fourth-order valence-corrected chi connectivity index (χ4v) is 3.48. The Morgan fingerprint density at radius 1 is 1.09 bits per heavy atom. The van der Waals surface area contributed by atoms with E-state index >= 15 is 0 Å². The van der Waals surface area contributed by atoms with E-state index in [1.165, 1.54) is 29.0 Å². The summed E-state index contributed by atoms with van der Waals surface area (Å²) in [6.45, 7) is 0. The second-order valence-corrected chi connectivity index (χ2v) is 7.50. The fourth-order valence-electron chi connectivity index (χ4n) is 3.07. The van der Waals surface area contributed by atoms with Crippen LogP contribution >= 0.6 is 23.8 Å². The lowest BCUT2D eigenvalue weighted by atomic mass is 10.0. The van der Waals surface area contributed by atoms with Crippen LogP contribution in [0.2, 0.25) is 5.02 Å². The normalized spacial score (nSPS) is 14.8. The van der Waals surface area contributed by atoms with Crippen molar-refractivity contribution in [2.45, 2.75) is 6.18 Å². The highest BCUT2D eigenvalue weighted by atomic mass is 35.5. The summed E-state index contributed by atoms with van der Waals surface area (Å²) in [5.41, 5.74) is -0.185. The summed E-state index contributed by atoms with van der Waals surface area (Å²) in [6.07, 6.45) is -1.80. The number of alkyl halides is 3. The molecule has 3 aromatic rings. The van der Waals surface area contributed by atoms with Gasteiger partial charge in [0.25, 0.3) is 5.56 Å². The first-order chi connectivity index (χ1) is 15.1. The number of nitrogens with zero attached hydrogens (tertiary/aromatic N) is 3. The summed E-state index contributed by atoms with van der Waals surface area (Å²) in [5, 5.41) is 19.0. The van der Waals surface area contributed by atoms with Crippen molar-refractivity contribution in [3.63, 3.8) is 0 Å². The van der Waals surface area contributed by atoms with Crippen molar-refractivity contribution < 1.29 is 18.3 Å². The van der Waals surface area contributed by atoms with Gasteiger partial charge in [-0.1, -0.05) is 23.7 Å². The molecule has 2 aromatic carbocycles. The maximum absolute atomic E-state index is 12.8. The van der Waals surface area contributed by atoms with Crippen molar-refractivity contribution in [1.82, 2.24) is 9.55 Å². The molecule has 0 aliphatic carbocycles. The summed E-state index contributed by atoms with van der Waals surface area (Å²) in [4.78, 5) is 15.0. The molecule has 6 nitrogen and oxygen atoms in total. The van der Waals surface area contributed by atoms with E-state index in [1.54, 1.807) is 24.3 Å². The van der Waals surface area contributed by atoms with E-state index in [0.29, 0.717) is 21.8 Å². The van der Waals surface area contributed by atoms with Gasteiger partial charge in [-0.2, -0.15) is 18.3 Å². The Bertz CT molecular complexity index is 1400. The zero-order valence-corrected chi connectivity index (χ0v) is 17.5. The number of aromatic amines is 1. The van der Waals surface area contributed by atoms with Crippen LogP contribution in [0.4, 0.5) is 13.2 Å². The number of nitrogens with one attached hydrogen (secondary N) is 1. The van der Waals surface area contributed by atoms with Gasteiger partial charge in [-0.15, -0.1) is 5.10 Å². The van der Waals surface area contributed by atoms with Crippen LogP contribution in [-0.2, 0) is 6.18 Å². The largest absolute Gasteiger partial charge is 0.494 e. The zero-order chi connectivity index (χ0) is 23.0.